The van der Waals surface area contributed by atoms with E-state index in [0.717, 1.165) is 35.3 Å². The number of halogens is 1. The van der Waals surface area contributed by atoms with Crippen molar-refractivity contribution in [2.45, 2.75) is 111 Å². The van der Waals surface area contributed by atoms with Gasteiger partial charge < -0.3 is 9.47 Å². The summed E-state index contributed by atoms with van der Waals surface area (Å²) in [6, 6.07) is 6.46. The van der Waals surface area contributed by atoms with Crippen molar-refractivity contribution in [2.24, 2.45) is 29.1 Å². The number of rotatable bonds is 10. The topological polar surface area (TPSA) is 35.5 Å². The largest absolute Gasteiger partial charge is 0.497 e. The predicted octanol–water partition coefficient (Wildman–Crippen LogP) is 9.89. The van der Waals surface area contributed by atoms with Crippen LogP contribution in [0.1, 0.15) is 110 Å². The fraction of sp³-hybridized carbons (Fsp3) is 0.639. The van der Waals surface area contributed by atoms with Crippen molar-refractivity contribution in [3.05, 3.63) is 65.3 Å². The van der Waals surface area contributed by atoms with E-state index < -0.39 is 12.1 Å². The molecule has 220 valence electrons. The molecule has 0 unspecified atom stereocenters. The standard InChI is InChI=1S/C36H51FO3/c1-24(2)9-7-10-26(4)32-20-21-33-27(11-8-22-36(32,33)5)13-14-29-23-31(17-12-25(29)3)40-35(38)34(37)28-15-18-30(39-6)19-16-28/h13-16,18-19,24,26,31-34H,3,7-12,17,20-23H2,1-2,4-6H3/b27-13+,29-14-/t26-,31+,32-,33+,34-,36-/m1/s1. The summed E-state index contributed by atoms with van der Waals surface area (Å²) < 4.78 is 25.7. The fourth-order valence-corrected chi connectivity index (χ4v) is 7.88. The lowest BCUT2D eigenvalue weighted by atomic mass is 9.60. The van der Waals surface area contributed by atoms with Crippen LogP contribution >= 0.6 is 0 Å². The zero-order valence-electron chi connectivity index (χ0n) is 25.5. The molecule has 0 aliphatic heterocycles. The Balaban J connectivity index is 1.39. The quantitative estimate of drug-likeness (QED) is 0.272. The van der Waals surface area contributed by atoms with Gasteiger partial charge in [-0.15, -0.1) is 0 Å². The monoisotopic (exact) mass is 550 g/mol. The number of fused-ring (bicyclic) bond motifs is 1. The van der Waals surface area contributed by atoms with Crippen molar-refractivity contribution >= 4 is 5.97 Å². The Morgan fingerprint density at radius 1 is 1.10 bits per heavy atom. The highest BCUT2D eigenvalue weighted by molar-refractivity contribution is 5.76. The Hall–Kier alpha value is -2.36. The van der Waals surface area contributed by atoms with Crippen LogP contribution in [0.5, 0.6) is 5.75 Å². The molecule has 3 fully saturated rings. The highest BCUT2D eigenvalue weighted by Crippen LogP contribution is 2.60. The number of benzene rings is 1. The predicted molar refractivity (Wildman–Crippen MR) is 162 cm³/mol. The van der Waals surface area contributed by atoms with Gasteiger partial charge in [0.15, 0.2) is 0 Å². The molecule has 3 aliphatic rings. The van der Waals surface area contributed by atoms with Gasteiger partial charge in [-0.25, -0.2) is 9.18 Å². The number of carbonyl (C=O) groups is 1. The lowest BCUT2D eigenvalue weighted by molar-refractivity contribution is -0.156. The lowest BCUT2D eigenvalue weighted by Crippen LogP contribution is -2.36. The highest BCUT2D eigenvalue weighted by atomic mass is 19.1. The first-order valence-electron chi connectivity index (χ1n) is 15.7. The number of ether oxygens (including phenoxy) is 2. The summed E-state index contributed by atoms with van der Waals surface area (Å²) in [4.78, 5) is 12.6. The normalized spacial score (nSPS) is 30.4. The number of carbonyl (C=O) groups excluding carboxylic acids is 1. The molecular formula is C36H51FO3. The summed E-state index contributed by atoms with van der Waals surface area (Å²) in [6.45, 7) is 14.0. The molecule has 0 amide bonds. The summed E-state index contributed by atoms with van der Waals surface area (Å²) >= 11 is 0. The second-order valence-electron chi connectivity index (χ2n) is 13.4. The summed E-state index contributed by atoms with van der Waals surface area (Å²) in [6.07, 6.45) is 15.0. The third-order valence-electron chi connectivity index (χ3n) is 10.2. The molecule has 0 saturated heterocycles. The molecule has 3 saturated carbocycles. The number of hydrogen-bond acceptors (Lipinski definition) is 3. The molecular weight excluding hydrogens is 499 g/mol. The number of alkyl halides is 1. The summed E-state index contributed by atoms with van der Waals surface area (Å²) in [5.41, 5.74) is 4.53. The number of esters is 1. The molecule has 3 nitrogen and oxygen atoms in total. The van der Waals surface area contributed by atoms with Gasteiger partial charge in [0.2, 0.25) is 6.17 Å². The van der Waals surface area contributed by atoms with Gasteiger partial charge in [0, 0.05) is 6.42 Å². The molecule has 0 heterocycles. The molecule has 0 radical (unpaired) electrons. The molecule has 6 atom stereocenters. The van der Waals surface area contributed by atoms with Gasteiger partial charge in [-0.05, 0) is 97.3 Å². The van der Waals surface area contributed by atoms with Crippen LogP contribution in [-0.4, -0.2) is 19.2 Å². The van der Waals surface area contributed by atoms with E-state index in [4.69, 9.17) is 9.47 Å². The Labute approximate surface area is 242 Å². The first-order valence-corrected chi connectivity index (χ1v) is 15.7. The minimum atomic E-state index is -1.80. The second kappa shape index (κ2) is 13.5. The van der Waals surface area contributed by atoms with E-state index >= 15 is 0 Å². The van der Waals surface area contributed by atoms with Crippen molar-refractivity contribution in [1.82, 2.24) is 0 Å². The number of allylic oxidation sites excluding steroid dienone is 4. The van der Waals surface area contributed by atoms with Gasteiger partial charge in [0.25, 0.3) is 0 Å². The van der Waals surface area contributed by atoms with Gasteiger partial charge >= 0.3 is 5.97 Å². The molecule has 1 aromatic rings. The van der Waals surface area contributed by atoms with Gasteiger partial charge in [-0.2, -0.15) is 0 Å². The van der Waals surface area contributed by atoms with E-state index in [9.17, 15) is 9.18 Å². The smallest absolute Gasteiger partial charge is 0.345 e. The van der Waals surface area contributed by atoms with Crippen LogP contribution in [-0.2, 0) is 9.53 Å². The first kappa shape index (κ1) is 30.6. The van der Waals surface area contributed by atoms with Crippen LogP contribution in [0.15, 0.2) is 59.7 Å². The van der Waals surface area contributed by atoms with Crippen molar-refractivity contribution in [3.63, 3.8) is 0 Å². The summed E-state index contributed by atoms with van der Waals surface area (Å²) in [5, 5.41) is 0. The van der Waals surface area contributed by atoms with Crippen LogP contribution in [0.3, 0.4) is 0 Å². The van der Waals surface area contributed by atoms with Crippen LogP contribution in [0.2, 0.25) is 0 Å². The van der Waals surface area contributed by atoms with Gasteiger partial charge in [-0.3, -0.25) is 0 Å². The maximum atomic E-state index is 14.9. The highest BCUT2D eigenvalue weighted by Gasteiger charge is 2.50. The Morgan fingerprint density at radius 2 is 1.85 bits per heavy atom. The van der Waals surface area contributed by atoms with E-state index in [2.05, 4.69) is 46.4 Å². The van der Waals surface area contributed by atoms with Crippen molar-refractivity contribution in [1.29, 1.82) is 0 Å². The Morgan fingerprint density at radius 3 is 2.55 bits per heavy atom. The summed E-state index contributed by atoms with van der Waals surface area (Å²) in [7, 11) is 1.56. The third-order valence-corrected chi connectivity index (χ3v) is 10.2. The van der Waals surface area contributed by atoms with Crippen molar-refractivity contribution in [3.8, 4) is 5.75 Å². The molecule has 0 N–H and O–H groups in total. The van der Waals surface area contributed by atoms with Crippen molar-refractivity contribution < 1.29 is 18.7 Å². The van der Waals surface area contributed by atoms with Crippen LogP contribution in [0.25, 0.3) is 0 Å². The number of hydrogen-bond donors (Lipinski definition) is 0. The second-order valence-corrected chi connectivity index (χ2v) is 13.4. The van der Waals surface area contributed by atoms with Gasteiger partial charge in [0.1, 0.15) is 11.9 Å². The molecule has 1 aromatic carbocycles. The zero-order valence-corrected chi connectivity index (χ0v) is 25.5. The number of methoxy groups -OCH3 is 1. The van der Waals surface area contributed by atoms with E-state index in [0.29, 0.717) is 29.9 Å². The Kier molecular flexibility index (Phi) is 10.4. The lowest BCUT2D eigenvalue weighted by Gasteiger charge is -2.44. The zero-order chi connectivity index (χ0) is 28.9. The summed E-state index contributed by atoms with van der Waals surface area (Å²) in [5.74, 6) is 2.87. The maximum Gasteiger partial charge on any atom is 0.345 e. The average molecular weight is 551 g/mol. The molecule has 0 spiro atoms. The van der Waals surface area contributed by atoms with E-state index in [-0.39, 0.29) is 11.7 Å². The molecule has 3 aliphatic carbocycles. The molecule has 4 heteroatoms. The van der Waals surface area contributed by atoms with Crippen LogP contribution in [0.4, 0.5) is 4.39 Å². The SMILES string of the molecule is C=C1CC[C@H](OC(=O)[C@H](F)c2ccc(OC)cc2)C/C1=C/C=C1\CCC[C@]2(C)[C@@H]([C@H](C)CCCC(C)C)CC[C@@H]12. The van der Waals surface area contributed by atoms with Crippen LogP contribution < -0.4 is 4.74 Å². The van der Waals surface area contributed by atoms with Crippen LogP contribution in [0, 0.1) is 29.1 Å². The first-order chi connectivity index (χ1) is 19.1. The molecule has 4 rings (SSSR count). The van der Waals surface area contributed by atoms with Gasteiger partial charge in [0.05, 0.1) is 7.11 Å². The molecule has 0 bridgehead atoms. The maximum absolute atomic E-state index is 14.9. The van der Waals surface area contributed by atoms with Crippen molar-refractivity contribution in [2.75, 3.05) is 7.11 Å². The van der Waals surface area contributed by atoms with E-state index in [1.807, 2.05) is 0 Å². The van der Waals surface area contributed by atoms with E-state index in [1.54, 1.807) is 36.9 Å². The molecule has 40 heavy (non-hydrogen) atoms. The van der Waals surface area contributed by atoms with E-state index in [1.165, 1.54) is 51.4 Å². The minimum Gasteiger partial charge on any atom is -0.497 e. The van der Waals surface area contributed by atoms with Gasteiger partial charge in [-0.1, -0.05) is 89.0 Å². The average Bonchev–Trinajstić information content (AvgIpc) is 3.30. The fourth-order valence-electron chi connectivity index (χ4n) is 7.88. The minimum absolute atomic E-state index is 0.288. The molecule has 0 aromatic heterocycles. The third kappa shape index (κ3) is 7.09. The Bertz CT molecular complexity index is 1080.